The van der Waals surface area contributed by atoms with E-state index in [0.29, 0.717) is 6.54 Å². The summed E-state index contributed by atoms with van der Waals surface area (Å²) in [4.78, 5) is 13.9. The number of nitrogens with zero attached hydrogens (tertiary/aromatic N) is 4. The lowest BCUT2D eigenvalue weighted by Crippen LogP contribution is -2.21. The van der Waals surface area contributed by atoms with Gasteiger partial charge in [-0.25, -0.2) is 13.8 Å². The Hall–Kier alpha value is -2.80. The molecule has 3 aromatic rings. The van der Waals surface area contributed by atoms with Crippen molar-refractivity contribution in [2.24, 2.45) is 5.92 Å². The number of rotatable bonds is 9. The van der Waals surface area contributed by atoms with Crippen molar-refractivity contribution < 1.29 is 8.78 Å². The van der Waals surface area contributed by atoms with Crippen LogP contribution in [-0.2, 0) is 6.42 Å². The Morgan fingerprint density at radius 3 is 2.73 bits per heavy atom. The molecule has 1 aliphatic rings. The summed E-state index contributed by atoms with van der Waals surface area (Å²) in [5.74, 6) is 0.0243. The average molecular weight is 454 g/mol. The molecule has 1 aliphatic heterocycles. The van der Waals surface area contributed by atoms with E-state index in [4.69, 9.17) is 4.98 Å². The van der Waals surface area contributed by atoms with Gasteiger partial charge in [-0.3, -0.25) is 4.98 Å². The highest BCUT2D eigenvalue weighted by molar-refractivity contribution is 5.96. The minimum atomic E-state index is -2.25. The summed E-state index contributed by atoms with van der Waals surface area (Å²) in [6.07, 6.45) is 2.39. The van der Waals surface area contributed by atoms with E-state index in [2.05, 4.69) is 56.5 Å². The van der Waals surface area contributed by atoms with Crippen molar-refractivity contribution in [1.29, 1.82) is 0 Å². The summed E-state index contributed by atoms with van der Waals surface area (Å²) in [7, 11) is 5.98. The molecular formula is C26H33F2N5. The van der Waals surface area contributed by atoms with E-state index in [1.165, 1.54) is 0 Å². The molecule has 0 bridgehead atoms. The summed E-state index contributed by atoms with van der Waals surface area (Å²) in [6.45, 7) is 2.41. The zero-order chi connectivity index (χ0) is 23.4. The highest BCUT2D eigenvalue weighted by Crippen LogP contribution is 2.36. The van der Waals surface area contributed by atoms with Crippen molar-refractivity contribution in [3.63, 3.8) is 0 Å². The first kappa shape index (κ1) is 23.4. The van der Waals surface area contributed by atoms with E-state index < -0.39 is 6.43 Å². The smallest absolute Gasteiger partial charge is 0.239 e. The van der Waals surface area contributed by atoms with Crippen molar-refractivity contribution in [2.45, 2.75) is 32.1 Å². The van der Waals surface area contributed by atoms with E-state index in [1.54, 1.807) is 0 Å². The fraction of sp³-hybridized carbons (Fsp3) is 0.462. The van der Waals surface area contributed by atoms with Gasteiger partial charge in [0.25, 0.3) is 0 Å². The van der Waals surface area contributed by atoms with E-state index in [0.717, 1.165) is 71.6 Å². The summed E-state index contributed by atoms with van der Waals surface area (Å²) in [5.41, 5.74) is 5.95. The second kappa shape index (κ2) is 10.4. The number of fused-ring (bicyclic) bond motifs is 1. The standard InChI is InChI=1S/C26H33F2N5/c1-29-11-4-5-20-7-6-19(16-30-20)23-15-25(33-12-10-18(17-33)13-26(27)28)22-9-8-21(32(2)3)14-24(22)31-23/h6-9,14-16,18,26,29H,4-5,10-13,17H2,1-3H3. The highest BCUT2D eigenvalue weighted by Gasteiger charge is 2.27. The Labute approximate surface area is 194 Å². The van der Waals surface area contributed by atoms with Crippen LogP contribution in [0, 0.1) is 5.92 Å². The van der Waals surface area contributed by atoms with Crippen molar-refractivity contribution in [3.05, 3.63) is 48.3 Å². The van der Waals surface area contributed by atoms with Crippen LogP contribution in [0.4, 0.5) is 20.2 Å². The van der Waals surface area contributed by atoms with Gasteiger partial charge in [-0.2, -0.15) is 0 Å². The molecule has 0 aliphatic carbocycles. The molecule has 1 N–H and O–H groups in total. The van der Waals surface area contributed by atoms with Gasteiger partial charge in [0.2, 0.25) is 6.43 Å². The molecule has 1 saturated heterocycles. The maximum Gasteiger partial charge on any atom is 0.239 e. The molecule has 1 unspecified atom stereocenters. The quantitative estimate of drug-likeness (QED) is 0.462. The SMILES string of the molecule is CNCCCc1ccc(-c2cc(N3CCC(CC(F)F)C3)c3ccc(N(C)C)cc3n2)cn1. The number of benzene rings is 1. The van der Waals surface area contributed by atoms with Gasteiger partial charge in [0, 0.05) is 67.8 Å². The lowest BCUT2D eigenvalue weighted by molar-refractivity contribution is 0.118. The second-order valence-corrected chi connectivity index (χ2v) is 9.10. The normalized spacial score (nSPS) is 16.2. The first-order chi connectivity index (χ1) is 15.9. The Bertz CT molecular complexity index is 1070. The van der Waals surface area contributed by atoms with Crippen LogP contribution in [0.15, 0.2) is 42.6 Å². The van der Waals surface area contributed by atoms with Crippen LogP contribution >= 0.6 is 0 Å². The number of pyridine rings is 2. The molecule has 1 aromatic carbocycles. The summed E-state index contributed by atoms with van der Waals surface area (Å²) in [6, 6.07) is 12.5. The van der Waals surface area contributed by atoms with Gasteiger partial charge >= 0.3 is 0 Å². The fourth-order valence-electron chi connectivity index (χ4n) is 4.55. The van der Waals surface area contributed by atoms with E-state index in [9.17, 15) is 8.78 Å². The highest BCUT2D eigenvalue weighted by atomic mass is 19.3. The zero-order valence-corrected chi connectivity index (χ0v) is 19.7. The number of halogens is 2. The van der Waals surface area contributed by atoms with Gasteiger partial charge in [-0.15, -0.1) is 0 Å². The Morgan fingerprint density at radius 1 is 1.18 bits per heavy atom. The van der Waals surface area contributed by atoms with Crippen molar-refractivity contribution in [1.82, 2.24) is 15.3 Å². The minimum absolute atomic E-state index is 0.0243. The Kier molecular flexibility index (Phi) is 7.38. The fourth-order valence-corrected chi connectivity index (χ4v) is 4.55. The van der Waals surface area contributed by atoms with E-state index >= 15 is 0 Å². The summed E-state index contributed by atoms with van der Waals surface area (Å²) >= 11 is 0. The number of aromatic nitrogens is 2. The molecule has 176 valence electrons. The third kappa shape index (κ3) is 5.58. The lowest BCUT2D eigenvalue weighted by Gasteiger charge is -2.23. The first-order valence-corrected chi connectivity index (χ1v) is 11.7. The van der Waals surface area contributed by atoms with E-state index in [-0.39, 0.29) is 12.3 Å². The predicted octanol–water partition coefficient (Wildman–Crippen LogP) is 5.00. The zero-order valence-electron chi connectivity index (χ0n) is 19.7. The van der Waals surface area contributed by atoms with Crippen LogP contribution in [0.1, 0.15) is 25.0 Å². The number of hydrogen-bond acceptors (Lipinski definition) is 5. The molecule has 1 atom stereocenters. The van der Waals surface area contributed by atoms with Gasteiger partial charge in [-0.05, 0) is 75.2 Å². The van der Waals surface area contributed by atoms with Crippen molar-refractivity contribution >= 4 is 22.3 Å². The number of hydrogen-bond donors (Lipinski definition) is 1. The molecule has 0 radical (unpaired) electrons. The van der Waals surface area contributed by atoms with Crippen LogP contribution < -0.4 is 15.1 Å². The van der Waals surface area contributed by atoms with Crippen LogP contribution in [0.3, 0.4) is 0 Å². The average Bonchev–Trinajstić information content (AvgIpc) is 3.26. The van der Waals surface area contributed by atoms with Gasteiger partial charge in [-0.1, -0.05) is 0 Å². The molecule has 0 saturated carbocycles. The van der Waals surface area contributed by atoms with Crippen molar-refractivity contribution in [3.8, 4) is 11.3 Å². The number of nitrogens with one attached hydrogen (secondary N) is 1. The minimum Gasteiger partial charge on any atom is -0.378 e. The molecule has 0 amide bonds. The molecule has 0 spiro atoms. The summed E-state index contributed by atoms with van der Waals surface area (Å²) in [5, 5.41) is 4.22. The molecule has 2 aromatic heterocycles. The lowest BCUT2D eigenvalue weighted by atomic mass is 10.1. The Morgan fingerprint density at radius 2 is 2.03 bits per heavy atom. The van der Waals surface area contributed by atoms with Crippen LogP contribution in [-0.4, -0.2) is 57.2 Å². The second-order valence-electron chi connectivity index (χ2n) is 9.10. The van der Waals surface area contributed by atoms with Crippen LogP contribution in [0.25, 0.3) is 22.2 Å². The van der Waals surface area contributed by atoms with Crippen LogP contribution in [0.5, 0.6) is 0 Å². The van der Waals surface area contributed by atoms with Crippen LogP contribution in [0.2, 0.25) is 0 Å². The molecular weight excluding hydrogens is 420 g/mol. The van der Waals surface area contributed by atoms with Crippen molar-refractivity contribution in [2.75, 3.05) is 50.6 Å². The molecule has 5 nitrogen and oxygen atoms in total. The van der Waals surface area contributed by atoms with Gasteiger partial charge in [0.15, 0.2) is 0 Å². The third-order valence-corrected chi connectivity index (χ3v) is 6.41. The molecule has 3 heterocycles. The molecule has 33 heavy (non-hydrogen) atoms. The number of anilines is 2. The summed E-state index contributed by atoms with van der Waals surface area (Å²) < 4.78 is 25.9. The van der Waals surface area contributed by atoms with E-state index in [1.807, 2.05) is 27.3 Å². The number of alkyl halides is 2. The largest absolute Gasteiger partial charge is 0.378 e. The van der Waals surface area contributed by atoms with Gasteiger partial charge in [0.05, 0.1) is 11.2 Å². The predicted molar refractivity (Wildman–Crippen MR) is 132 cm³/mol. The van der Waals surface area contributed by atoms with Gasteiger partial charge in [0.1, 0.15) is 0 Å². The molecule has 4 rings (SSSR count). The van der Waals surface area contributed by atoms with Gasteiger partial charge < -0.3 is 15.1 Å². The number of aryl methyl sites for hydroxylation is 1. The third-order valence-electron chi connectivity index (χ3n) is 6.41. The molecule has 1 fully saturated rings. The first-order valence-electron chi connectivity index (χ1n) is 11.7. The molecule has 7 heteroatoms. The monoisotopic (exact) mass is 453 g/mol. The topological polar surface area (TPSA) is 44.3 Å². The maximum absolute atomic E-state index is 13.0. The Balaban J connectivity index is 1.69. The maximum atomic E-state index is 13.0.